The molecule has 1 atom stereocenters. The fourth-order valence-electron chi connectivity index (χ4n) is 0.924. The molecule has 0 heterocycles. The summed E-state index contributed by atoms with van der Waals surface area (Å²) in [6.45, 7) is 5.14. The summed E-state index contributed by atoms with van der Waals surface area (Å²) in [5, 5.41) is 9.13. The van der Waals surface area contributed by atoms with Gasteiger partial charge in [0.25, 0.3) is 0 Å². The first-order valence-corrected chi connectivity index (χ1v) is 3.60. The lowest BCUT2D eigenvalue weighted by molar-refractivity contribution is 0.224. The molecule has 1 N–H and O–H groups in total. The highest BCUT2D eigenvalue weighted by atomic mass is 16.3. The summed E-state index contributed by atoms with van der Waals surface area (Å²) in [5.74, 6) is 0. The minimum absolute atomic E-state index is 0.530. The lowest BCUT2D eigenvalue weighted by Crippen LogP contribution is -2.05. The molecule has 0 aliphatic carbocycles. The number of hydrogen-bond acceptors (Lipinski definition) is 1. The van der Waals surface area contributed by atoms with Crippen LogP contribution < -0.4 is 0 Å². The average Bonchev–Trinajstić information content (AvgIpc) is 2.06. The van der Waals surface area contributed by atoms with E-state index in [2.05, 4.69) is 0 Å². The summed E-state index contributed by atoms with van der Waals surface area (Å²) in [6.07, 6.45) is 1.36. The van der Waals surface area contributed by atoms with E-state index in [-0.39, 0.29) is 0 Å². The third-order valence-electron chi connectivity index (χ3n) is 1.51. The van der Waals surface area contributed by atoms with Crippen molar-refractivity contribution in [3.05, 3.63) is 48.6 Å². The molecule has 0 aliphatic heterocycles. The van der Waals surface area contributed by atoms with Crippen LogP contribution in [0.1, 0.15) is 5.56 Å². The van der Waals surface area contributed by atoms with Crippen molar-refractivity contribution in [3.8, 4) is 0 Å². The molecule has 1 unspecified atom stereocenters. The van der Waals surface area contributed by atoms with Crippen LogP contribution in [0.2, 0.25) is 0 Å². The van der Waals surface area contributed by atoms with E-state index in [0.717, 1.165) is 5.56 Å². The smallest absolute Gasteiger partial charge is 0.0764 e. The monoisotopic (exact) mass is 147 g/mol. The molecule has 0 spiro atoms. The van der Waals surface area contributed by atoms with Crippen LogP contribution in [0.25, 0.3) is 0 Å². The molecule has 0 fully saturated rings. The van der Waals surface area contributed by atoms with Crippen molar-refractivity contribution in [2.45, 2.75) is 12.5 Å². The van der Waals surface area contributed by atoms with Crippen molar-refractivity contribution in [3.63, 3.8) is 0 Å². The van der Waals surface area contributed by atoms with Crippen LogP contribution in [0, 0.1) is 6.58 Å². The minimum atomic E-state index is -0.530. The van der Waals surface area contributed by atoms with Gasteiger partial charge >= 0.3 is 0 Å². The summed E-state index contributed by atoms with van der Waals surface area (Å²) in [5.41, 5.74) is 1.10. The summed E-state index contributed by atoms with van der Waals surface area (Å²) < 4.78 is 0. The average molecular weight is 147 g/mol. The summed E-state index contributed by atoms with van der Waals surface area (Å²) in [4.78, 5) is 0. The van der Waals surface area contributed by atoms with Crippen LogP contribution in [-0.4, -0.2) is 11.2 Å². The van der Waals surface area contributed by atoms with E-state index >= 15 is 0 Å². The maximum absolute atomic E-state index is 9.13. The molecule has 0 aliphatic rings. The first-order valence-electron chi connectivity index (χ1n) is 3.60. The Balaban J connectivity index is 2.57. The second-order valence-corrected chi connectivity index (χ2v) is 2.45. The molecule has 1 nitrogen and oxygen atoms in total. The van der Waals surface area contributed by atoms with Crippen molar-refractivity contribution in [1.82, 2.24) is 0 Å². The van der Waals surface area contributed by atoms with E-state index in [1.807, 2.05) is 30.3 Å². The second-order valence-electron chi connectivity index (χ2n) is 2.45. The number of rotatable bonds is 3. The van der Waals surface area contributed by atoms with E-state index in [1.54, 1.807) is 0 Å². The molecule has 1 aromatic rings. The van der Waals surface area contributed by atoms with Crippen LogP contribution in [0.5, 0.6) is 0 Å². The van der Waals surface area contributed by atoms with Crippen molar-refractivity contribution in [2.24, 2.45) is 0 Å². The molecule has 0 saturated heterocycles. The van der Waals surface area contributed by atoms with Gasteiger partial charge in [-0.3, -0.25) is 0 Å². The van der Waals surface area contributed by atoms with Crippen LogP contribution in [0.15, 0.2) is 36.4 Å². The SMILES string of the molecule is [CH]=CC(O)Cc1ccccc1. The molecule has 1 radical (unpaired) electrons. The van der Waals surface area contributed by atoms with Gasteiger partial charge in [0.2, 0.25) is 0 Å². The van der Waals surface area contributed by atoms with Crippen LogP contribution in [0.4, 0.5) is 0 Å². The first-order chi connectivity index (χ1) is 5.33. The quantitative estimate of drug-likeness (QED) is 0.688. The van der Waals surface area contributed by atoms with Gasteiger partial charge in [0.15, 0.2) is 0 Å². The summed E-state index contributed by atoms with van der Waals surface area (Å²) in [6, 6.07) is 9.76. The standard InChI is InChI=1S/C10H11O/c1-2-10(11)8-9-6-4-3-5-7-9/h1-7,10-11H,8H2. The Bertz CT molecular complexity index is 216. The van der Waals surface area contributed by atoms with Crippen molar-refractivity contribution < 1.29 is 5.11 Å². The van der Waals surface area contributed by atoms with E-state index < -0.39 is 6.10 Å². The van der Waals surface area contributed by atoms with Gasteiger partial charge in [-0.1, -0.05) is 43.0 Å². The Kier molecular flexibility index (Phi) is 2.87. The van der Waals surface area contributed by atoms with Crippen molar-refractivity contribution >= 4 is 0 Å². The highest BCUT2D eigenvalue weighted by Crippen LogP contribution is 2.02. The zero-order valence-electron chi connectivity index (χ0n) is 6.27. The maximum atomic E-state index is 9.13. The van der Waals surface area contributed by atoms with E-state index in [1.165, 1.54) is 6.08 Å². The van der Waals surface area contributed by atoms with Crippen molar-refractivity contribution in [2.75, 3.05) is 0 Å². The van der Waals surface area contributed by atoms with Gasteiger partial charge in [0, 0.05) is 6.42 Å². The highest BCUT2D eigenvalue weighted by molar-refractivity contribution is 5.16. The van der Waals surface area contributed by atoms with Gasteiger partial charge in [-0.05, 0) is 5.56 Å². The molecule has 0 saturated carbocycles. The van der Waals surface area contributed by atoms with Crippen LogP contribution >= 0.6 is 0 Å². The normalized spacial score (nSPS) is 12.5. The zero-order chi connectivity index (χ0) is 8.10. The summed E-state index contributed by atoms with van der Waals surface area (Å²) in [7, 11) is 0. The van der Waals surface area contributed by atoms with Gasteiger partial charge in [0.1, 0.15) is 0 Å². The lowest BCUT2D eigenvalue weighted by atomic mass is 10.1. The Morgan fingerprint density at radius 2 is 2.00 bits per heavy atom. The molecule has 0 amide bonds. The third kappa shape index (κ3) is 2.56. The molecule has 11 heavy (non-hydrogen) atoms. The fourth-order valence-corrected chi connectivity index (χ4v) is 0.924. The number of aliphatic hydroxyl groups is 1. The van der Waals surface area contributed by atoms with Gasteiger partial charge in [0.05, 0.1) is 6.10 Å². The number of hydrogen-bond donors (Lipinski definition) is 1. The summed E-state index contributed by atoms with van der Waals surface area (Å²) >= 11 is 0. The van der Waals surface area contributed by atoms with E-state index in [0.29, 0.717) is 6.42 Å². The Morgan fingerprint density at radius 3 is 2.55 bits per heavy atom. The molecule has 57 valence electrons. The second kappa shape index (κ2) is 3.94. The Labute approximate surface area is 67.0 Å². The zero-order valence-corrected chi connectivity index (χ0v) is 6.27. The van der Waals surface area contributed by atoms with E-state index in [4.69, 9.17) is 11.7 Å². The largest absolute Gasteiger partial charge is 0.389 e. The molecular formula is C10H11O. The third-order valence-corrected chi connectivity index (χ3v) is 1.51. The van der Waals surface area contributed by atoms with E-state index in [9.17, 15) is 0 Å². The molecule has 0 bridgehead atoms. The minimum Gasteiger partial charge on any atom is -0.389 e. The molecule has 1 aromatic carbocycles. The number of benzene rings is 1. The molecule has 0 aromatic heterocycles. The Hall–Kier alpha value is -1.08. The van der Waals surface area contributed by atoms with Crippen LogP contribution in [-0.2, 0) is 6.42 Å². The topological polar surface area (TPSA) is 20.2 Å². The first kappa shape index (κ1) is 8.02. The molecule has 1 heteroatoms. The molecule has 1 rings (SSSR count). The number of aliphatic hydroxyl groups excluding tert-OH is 1. The lowest BCUT2D eigenvalue weighted by Gasteiger charge is -2.03. The molecular weight excluding hydrogens is 136 g/mol. The Morgan fingerprint density at radius 1 is 1.36 bits per heavy atom. The van der Waals surface area contributed by atoms with Gasteiger partial charge in [-0.25, -0.2) is 0 Å². The fraction of sp³-hybridized carbons (Fsp3) is 0.200. The van der Waals surface area contributed by atoms with Gasteiger partial charge in [-0.2, -0.15) is 0 Å². The van der Waals surface area contributed by atoms with Crippen molar-refractivity contribution in [1.29, 1.82) is 0 Å². The maximum Gasteiger partial charge on any atom is 0.0764 e. The van der Waals surface area contributed by atoms with Gasteiger partial charge < -0.3 is 5.11 Å². The predicted octanol–water partition coefficient (Wildman–Crippen LogP) is 1.58. The predicted molar refractivity (Wildman–Crippen MR) is 45.0 cm³/mol. The van der Waals surface area contributed by atoms with Gasteiger partial charge in [-0.15, -0.1) is 0 Å². The van der Waals surface area contributed by atoms with Crippen LogP contribution in [0.3, 0.4) is 0 Å². The highest BCUT2D eigenvalue weighted by Gasteiger charge is 1.98.